The number of nitrogens with zero attached hydrogens (tertiary/aromatic N) is 3. The van der Waals surface area contributed by atoms with Crippen LogP contribution in [-0.2, 0) is 4.74 Å². The normalized spacial score (nSPS) is 13.3. The van der Waals surface area contributed by atoms with Crippen molar-refractivity contribution in [3.63, 3.8) is 0 Å². The molecule has 0 saturated heterocycles. The average molecular weight is 542 g/mol. The second-order valence-corrected chi connectivity index (χ2v) is 13.0. The third-order valence-corrected chi connectivity index (χ3v) is 9.58. The van der Waals surface area contributed by atoms with Gasteiger partial charge in [0.15, 0.2) is 0 Å². The lowest BCUT2D eigenvalue weighted by Crippen LogP contribution is -2.21. The molecule has 5 nitrogen and oxygen atoms in total. The molecule has 0 aliphatic heterocycles. The van der Waals surface area contributed by atoms with E-state index in [1.54, 1.807) is 0 Å². The average Bonchev–Trinajstić information content (AvgIpc) is 2.94. The fourth-order valence-corrected chi connectivity index (χ4v) is 6.22. The van der Waals surface area contributed by atoms with E-state index >= 15 is 0 Å². The molecule has 0 spiro atoms. The summed E-state index contributed by atoms with van der Waals surface area (Å²) >= 11 is 0. The molecule has 0 aromatic carbocycles. The Balaban J connectivity index is 1.58. The molecule has 0 aliphatic rings. The van der Waals surface area contributed by atoms with Gasteiger partial charge in [-0.3, -0.25) is 0 Å². The maximum absolute atomic E-state index is 5.77. The highest BCUT2D eigenvalue weighted by atomic mass is 28.2. The Hall–Kier alpha value is -1.79. The number of hydrogen-bond acceptors (Lipinski definition) is 5. The van der Waals surface area contributed by atoms with Gasteiger partial charge in [-0.2, -0.15) is 10.2 Å². The lowest BCUT2D eigenvalue weighted by Gasteiger charge is -2.12. The van der Waals surface area contributed by atoms with Gasteiger partial charge in [-0.25, -0.2) is 4.98 Å². The van der Waals surface area contributed by atoms with Crippen LogP contribution in [0, 0.1) is 11.8 Å². The van der Waals surface area contributed by atoms with Crippen LogP contribution in [0.1, 0.15) is 111 Å². The Bertz CT molecular complexity index is 816. The van der Waals surface area contributed by atoms with Crippen molar-refractivity contribution in [1.82, 2.24) is 15.2 Å². The van der Waals surface area contributed by atoms with Crippen molar-refractivity contribution >= 4 is 14.8 Å². The zero-order chi connectivity index (χ0) is 27.3. The van der Waals surface area contributed by atoms with Crippen LogP contribution in [0.2, 0.25) is 6.04 Å². The van der Waals surface area contributed by atoms with Crippen molar-refractivity contribution in [3.8, 4) is 17.1 Å². The van der Waals surface area contributed by atoms with Crippen LogP contribution in [0.3, 0.4) is 0 Å². The summed E-state index contributed by atoms with van der Waals surface area (Å²) in [5, 5.41) is 10.3. The highest BCUT2D eigenvalue weighted by Gasteiger charge is 2.08. The van der Waals surface area contributed by atoms with Crippen molar-refractivity contribution in [1.29, 1.82) is 0 Å². The molecule has 6 heteroatoms. The van der Waals surface area contributed by atoms with Crippen molar-refractivity contribution < 1.29 is 9.47 Å². The Kier molecular flexibility index (Phi) is 18.0. The van der Waals surface area contributed by atoms with Crippen molar-refractivity contribution in [2.24, 2.45) is 11.8 Å². The van der Waals surface area contributed by atoms with E-state index in [2.05, 4.69) is 55.0 Å². The molecule has 214 valence electrons. The summed E-state index contributed by atoms with van der Waals surface area (Å²) < 4.78 is 11.4. The summed E-state index contributed by atoms with van der Waals surface area (Å²) in [7, 11) is -0.365. The lowest BCUT2D eigenvalue weighted by atomic mass is 9.96. The Morgan fingerprint density at radius 3 is 2.11 bits per heavy atom. The molecule has 2 rings (SSSR count). The number of hydrogen-bond donors (Lipinski definition) is 0. The summed E-state index contributed by atoms with van der Waals surface area (Å²) in [5.74, 6) is 2.37. The van der Waals surface area contributed by atoms with Gasteiger partial charge in [-0.15, -0.1) is 0 Å². The quantitative estimate of drug-likeness (QED) is 0.107. The van der Waals surface area contributed by atoms with E-state index in [-0.39, 0.29) is 9.52 Å². The minimum absolute atomic E-state index is 0.365. The highest BCUT2D eigenvalue weighted by Crippen LogP contribution is 2.20. The molecule has 0 radical (unpaired) electrons. The van der Waals surface area contributed by atoms with Crippen molar-refractivity contribution in [2.45, 2.75) is 117 Å². The van der Waals surface area contributed by atoms with E-state index in [9.17, 15) is 0 Å². The van der Waals surface area contributed by atoms with Crippen LogP contribution in [0.4, 0.5) is 0 Å². The summed E-state index contributed by atoms with van der Waals surface area (Å²) in [6.45, 7) is 11.7. The maximum Gasteiger partial charge on any atom is 0.213 e. The summed E-state index contributed by atoms with van der Waals surface area (Å²) in [5.41, 5.74) is 1.86. The SMILES string of the molecule is CCCCCC(C)CCCCCC(C)C[SiH2]c1ccc(-c2ccc(OCCCCOCCCC)nc2)nn1. The molecular formula is C32H55N3O2Si. The van der Waals surface area contributed by atoms with Gasteiger partial charge in [0, 0.05) is 36.4 Å². The molecule has 0 saturated carbocycles. The molecule has 0 aliphatic carbocycles. The Labute approximate surface area is 235 Å². The summed E-state index contributed by atoms with van der Waals surface area (Å²) in [4.78, 5) is 4.45. The molecule has 0 amide bonds. The third-order valence-electron chi connectivity index (χ3n) is 7.41. The maximum atomic E-state index is 5.77. The molecule has 0 fully saturated rings. The van der Waals surface area contributed by atoms with Crippen LogP contribution in [0.15, 0.2) is 30.5 Å². The van der Waals surface area contributed by atoms with E-state index in [4.69, 9.17) is 9.47 Å². The predicted molar refractivity (Wildman–Crippen MR) is 164 cm³/mol. The monoisotopic (exact) mass is 541 g/mol. The van der Waals surface area contributed by atoms with Gasteiger partial charge in [0.05, 0.1) is 21.8 Å². The van der Waals surface area contributed by atoms with E-state index in [1.165, 1.54) is 75.6 Å². The molecule has 2 heterocycles. The number of unbranched alkanes of at least 4 members (excludes halogenated alkanes) is 6. The zero-order valence-corrected chi connectivity index (χ0v) is 26.3. The summed E-state index contributed by atoms with van der Waals surface area (Å²) in [6.07, 6.45) is 18.7. The van der Waals surface area contributed by atoms with E-state index < -0.39 is 0 Å². The predicted octanol–water partition coefficient (Wildman–Crippen LogP) is 7.53. The molecule has 2 atom stereocenters. The second-order valence-electron chi connectivity index (χ2n) is 11.2. The second kappa shape index (κ2) is 21.1. The minimum Gasteiger partial charge on any atom is -0.478 e. The highest BCUT2D eigenvalue weighted by molar-refractivity contribution is 6.52. The smallest absolute Gasteiger partial charge is 0.213 e. The van der Waals surface area contributed by atoms with Gasteiger partial charge < -0.3 is 9.47 Å². The lowest BCUT2D eigenvalue weighted by molar-refractivity contribution is 0.123. The Morgan fingerprint density at radius 2 is 1.42 bits per heavy atom. The first-order valence-electron chi connectivity index (χ1n) is 15.6. The van der Waals surface area contributed by atoms with Crippen LogP contribution in [-0.4, -0.2) is 44.5 Å². The molecule has 38 heavy (non-hydrogen) atoms. The van der Waals surface area contributed by atoms with Crippen molar-refractivity contribution in [3.05, 3.63) is 30.5 Å². The van der Waals surface area contributed by atoms with Crippen LogP contribution < -0.4 is 10.1 Å². The number of pyridine rings is 1. The van der Waals surface area contributed by atoms with Gasteiger partial charge in [0.25, 0.3) is 0 Å². The molecule has 0 N–H and O–H groups in total. The van der Waals surface area contributed by atoms with Gasteiger partial charge in [0.1, 0.15) is 0 Å². The van der Waals surface area contributed by atoms with Gasteiger partial charge in [-0.1, -0.05) is 97.9 Å². The largest absolute Gasteiger partial charge is 0.478 e. The number of rotatable bonds is 23. The van der Waals surface area contributed by atoms with E-state index in [0.29, 0.717) is 12.5 Å². The molecule has 0 bridgehead atoms. The first-order valence-corrected chi connectivity index (χ1v) is 17.3. The van der Waals surface area contributed by atoms with Crippen molar-refractivity contribution in [2.75, 3.05) is 19.8 Å². The first-order chi connectivity index (χ1) is 18.6. The zero-order valence-electron chi connectivity index (χ0n) is 24.9. The van der Waals surface area contributed by atoms with Gasteiger partial charge in [0.2, 0.25) is 5.88 Å². The minimum atomic E-state index is -0.365. The first kappa shape index (κ1) is 32.4. The van der Waals surface area contributed by atoms with Crippen LogP contribution in [0.25, 0.3) is 11.3 Å². The molecular weight excluding hydrogens is 486 g/mol. The Morgan fingerprint density at radius 1 is 0.711 bits per heavy atom. The number of aromatic nitrogens is 3. The van der Waals surface area contributed by atoms with E-state index in [1.807, 2.05) is 18.3 Å². The fraction of sp³-hybridized carbons (Fsp3) is 0.719. The van der Waals surface area contributed by atoms with Crippen LogP contribution >= 0.6 is 0 Å². The third kappa shape index (κ3) is 15.0. The molecule has 2 aromatic heterocycles. The van der Waals surface area contributed by atoms with Gasteiger partial charge >= 0.3 is 0 Å². The molecule has 2 aromatic rings. The molecule has 2 unspecified atom stereocenters. The fourth-order valence-electron chi connectivity index (χ4n) is 4.68. The topological polar surface area (TPSA) is 57.1 Å². The van der Waals surface area contributed by atoms with E-state index in [0.717, 1.165) is 55.6 Å². The number of ether oxygens (including phenoxy) is 2. The standard InChI is InChI=1S/C32H55N3O2Si/c1-5-7-10-15-27(3)16-11-9-12-17-28(4)26-38-32-21-19-30(34-35-32)29-18-20-31(33-25-29)37-24-14-13-23-36-22-8-6-2/h18-21,25,27-28H,5-17,22-24,26,38H2,1-4H3. The van der Waals surface area contributed by atoms with Gasteiger partial charge in [-0.05, 0) is 49.3 Å². The van der Waals surface area contributed by atoms with Crippen LogP contribution in [0.5, 0.6) is 5.88 Å². The summed E-state index contributed by atoms with van der Waals surface area (Å²) in [6, 6.07) is 9.53.